The van der Waals surface area contributed by atoms with Gasteiger partial charge in [0.1, 0.15) is 15.7 Å². The average Bonchev–Trinajstić information content (AvgIpc) is 3.21. The molecule has 1 N–H and O–H groups in total. The summed E-state index contributed by atoms with van der Waals surface area (Å²) in [6, 6.07) is 10.9. The number of hydrogen-bond acceptors (Lipinski definition) is 7. The zero-order valence-corrected chi connectivity index (χ0v) is 30.1. The Balaban J connectivity index is 1.26. The van der Waals surface area contributed by atoms with Crippen LogP contribution in [0.3, 0.4) is 0 Å². The lowest BCUT2D eigenvalue weighted by Gasteiger charge is -2.46. The topological polar surface area (TPSA) is 110 Å². The Labute approximate surface area is 294 Å². The van der Waals surface area contributed by atoms with Crippen molar-refractivity contribution in [2.45, 2.75) is 75.5 Å². The van der Waals surface area contributed by atoms with Crippen molar-refractivity contribution in [3.63, 3.8) is 0 Å². The molecule has 2 aliphatic carbocycles. The van der Waals surface area contributed by atoms with E-state index >= 15 is 0 Å². The first-order chi connectivity index (χ1) is 23.6. The first-order valence-corrected chi connectivity index (χ1v) is 19.6. The van der Waals surface area contributed by atoms with Crippen molar-refractivity contribution >= 4 is 39.1 Å². The third kappa shape index (κ3) is 6.71. The van der Waals surface area contributed by atoms with Gasteiger partial charge in [-0.25, -0.2) is 9.00 Å². The van der Waals surface area contributed by atoms with Gasteiger partial charge in [0.05, 0.1) is 42.8 Å². The summed E-state index contributed by atoms with van der Waals surface area (Å²) in [5.74, 6) is 0.884. The fraction of sp³-hybridized carbons (Fsp3) is 0.568. The summed E-state index contributed by atoms with van der Waals surface area (Å²) in [4.78, 5) is 31.1. The minimum absolute atomic E-state index is 0.0378. The molecule has 0 unspecified atom stereocenters. The van der Waals surface area contributed by atoms with Gasteiger partial charge >= 0.3 is 6.03 Å². The minimum atomic E-state index is -3.44. The zero-order chi connectivity index (χ0) is 34.3. The number of halogens is 1. The fourth-order valence-electron chi connectivity index (χ4n) is 8.42. The van der Waals surface area contributed by atoms with E-state index in [9.17, 15) is 13.8 Å². The van der Waals surface area contributed by atoms with E-state index in [1.165, 1.54) is 11.1 Å². The molecule has 264 valence electrons. The maximum Gasteiger partial charge on any atom is 0.330 e. The van der Waals surface area contributed by atoms with Gasteiger partial charge in [0, 0.05) is 43.3 Å². The normalized spacial score (nSPS) is 33.5. The Morgan fingerprint density at radius 2 is 1.98 bits per heavy atom. The van der Waals surface area contributed by atoms with Crippen LogP contribution in [-0.4, -0.2) is 85.5 Å². The summed E-state index contributed by atoms with van der Waals surface area (Å²) < 4.78 is 39.2. The Bertz CT molecular complexity index is 1760. The monoisotopic (exact) mass is 710 g/mol. The molecule has 2 aromatic rings. The second kappa shape index (κ2) is 13.9. The van der Waals surface area contributed by atoms with Crippen molar-refractivity contribution in [3.05, 3.63) is 70.3 Å². The summed E-state index contributed by atoms with van der Waals surface area (Å²) in [7, 11) is -0.0674. The molecule has 3 heterocycles. The molecule has 2 bridgehead atoms. The Morgan fingerprint density at radius 1 is 1.12 bits per heavy atom. The Kier molecular flexibility index (Phi) is 9.73. The van der Waals surface area contributed by atoms with Gasteiger partial charge in [-0.1, -0.05) is 29.8 Å². The number of benzene rings is 2. The molecule has 5 aliphatic rings. The standard InChI is InChI=1S/C37H47ClN4O6S/c1-24-34(47-3)21-42(24)36(44)40-49(45)17-6-4-5-9-32(46-2)29-13-10-27(29)20-41-22-37(16-7-8-25-18-28(38)12-14-30(25)37)23-48-33-15-11-26(19-31(33)41)35(43)39-49/h5,9,11-12,14-15,18-19,24,27,29,32,34H,4,6-8,10,13,16-17,20-23H2,1-3H3,(H,39,40,43,44,45)/b9-5+/t24-,27-,29+,32-,34+,37-,49-/m0/s1. The van der Waals surface area contributed by atoms with E-state index in [1.54, 1.807) is 25.2 Å². The second-order valence-electron chi connectivity index (χ2n) is 14.4. The van der Waals surface area contributed by atoms with Gasteiger partial charge in [0.25, 0.3) is 5.91 Å². The lowest BCUT2D eigenvalue weighted by atomic mass is 9.68. The van der Waals surface area contributed by atoms with Crippen LogP contribution in [0.25, 0.3) is 0 Å². The van der Waals surface area contributed by atoms with Crippen LogP contribution in [0.1, 0.15) is 66.9 Å². The molecule has 7 rings (SSSR count). The predicted molar refractivity (Wildman–Crippen MR) is 191 cm³/mol. The van der Waals surface area contributed by atoms with Gasteiger partial charge in [-0.15, -0.1) is 4.36 Å². The number of allylic oxidation sites excluding steroid dienone is 1. The number of nitrogens with zero attached hydrogens (tertiary/aromatic N) is 3. The predicted octanol–water partition coefficient (Wildman–Crippen LogP) is 6.16. The van der Waals surface area contributed by atoms with E-state index in [-0.39, 0.29) is 29.4 Å². The SMILES string of the molecule is CO[C@H]1/C=C/CCC[S@@](=O)(NC(=O)N2C[C@@H](OC)[C@@H]2C)=NC(=O)c2ccc3c(c2)N(C[C@@H]2CC[C@H]21)C[C@@]1(CCCc2cc(Cl)ccc21)CO3. The number of likely N-dealkylation sites (tertiary alicyclic amines) is 1. The van der Waals surface area contributed by atoms with Crippen LogP contribution in [0, 0.1) is 11.8 Å². The van der Waals surface area contributed by atoms with Crippen molar-refractivity contribution in [2.24, 2.45) is 16.2 Å². The molecule has 2 aromatic carbocycles. The summed E-state index contributed by atoms with van der Waals surface area (Å²) in [6.45, 7) is 4.29. The van der Waals surface area contributed by atoms with Crippen LogP contribution >= 0.6 is 11.6 Å². The number of methoxy groups -OCH3 is 2. The van der Waals surface area contributed by atoms with Crippen LogP contribution in [0.2, 0.25) is 5.02 Å². The molecule has 0 radical (unpaired) electrons. The quantitative estimate of drug-likeness (QED) is 0.381. The lowest BCUT2D eigenvalue weighted by molar-refractivity contribution is -0.0508. The number of anilines is 1. The van der Waals surface area contributed by atoms with Crippen LogP contribution < -0.4 is 14.4 Å². The second-order valence-corrected chi connectivity index (χ2v) is 16.9. The molecule has 1 saturated heterocycles. The largest absolute Gasteiger partial charge is 0.490 e. The Hall–Kier alpha value is -3.12. The first kappa shape index (κ1) is 34.3. The van der Waals surface area contributed by atoms with Crippen LogP contribution in [-0.2, 0) is 31.2 Å². The number of aryl methyl sites for hydroxylation is 1. The molecule has 3 aliphatic heterocycles. The maximum absolute atomic E-state index is 14.3. The molecule has 2 fully saturated rings. The smallest absolute Gasteiger partial charge is 0.330 e. The van der Waals surface area contributed by atoms with E-state index in [2.05, 4.69) is 38.3 Å². The highest BCUT2D eigenvalue weighted by atomic mass is 35.5. The van der Waals surface area contributed by atoms with Gasteiger partial charge in [-0.05, 0) is 105 Å². The highest BCUT2D eigenvalue weighted by molar-refractivity contribution is 7.92. The number of amides is 3. The first-order valence-electron chi connectivity index (χ1n) is 17.5. The summed E-state index contributed by atoms with van der Waals surface area (Å²) >= 11 is 6.45. The molecule has 0 aromatic heterocycles. The molecule has 12 heteroatoms. The fourth-order valence-corrected chi connectivity index (χ4v) is 10.2. The van der Waals surface area contributed by atoms with Crippen molar-refractivity contribution < 1.29 is 28.0 Å². The van der Waals surface area contributed by atoms with E-state index in [0.29, 0.717) is 49.1 Å². The molecule has 49 heavy (non-hydrogen) atoms. The number of ether oxygens (including phenoxy) is 3. The van der Waals surface area contributed by atoms with E-state index in [4.69, 9.17) is 25.8 Å². The number of rotatable bonds is 3. The van der Waals surface area contributed by atoms with E-state index < -0.39 is 21.9 Å². The van der Waals surface area contributed by atoms with Crippen molar-refractivity contribution in [2.75, 3.05) is 51.1 Å². The summed E-state index contributed by atoms with van der Waals surface area (Å²) in [6.07, 6.45) is 10.3. The number of carbonyl (C=O) groups is 2. The zero-order valence-electron chi connectivity index (χ0n) is 28.6. The van der Waals surface area contributed by atoms with Gasteiger partial charge in [0.15, 0.2) is 0 Å². The molecule has 1 saturated carbocycles. The van der Waals surface area contributed by atoms with Gasteiger partial charge in [-0.3, -0.25) is 9.52 Å². The van der Waals surface area contributed by atoms with Gasteiger partial charge < -0.3 is 24.0 Å². The Morgan fingerprint density at radius 3 is 2.73 bits per heavy atom. The van der Waals surface area contributed by atoms with Gasteiger partial charge in [0.2, 0.25) is 0 Å². The van der Waals surface area contributed by atoms with E-state index in [1.807, 2.05) is 25.1 Å². The number of carbonyl (C=O) groups excluding carboxylic acids is 2. The highest BCUT2D eigenvalue weighted by Crippen LogP contribution is 2.47. The van der Waals surface area contributed by atoms with Gasteiger partial charge in [-0.2, -0.15) is 0 Å². The third-order valence-electron chi connectivity index (χ3n) is 11.5. The van der Waals surface area contributed by atoms with Crippen LogP contribution in [0.15, 0.2) is 52.9 Å². The number of urea groups is 1. The molecule has 10 nitrogen and oxygen atoms in total. The van der Waals surface area contributed by atoms with Crippen molar-refractivity contribution in [1.82, 2.24) is 9.62 Å². The molecule has 1 spiro atoms. The lowest BCUT2D eigenvalue weighted by Crippen LogP contribution is -2.64. The number of hydrogen-bond donors (Lipinski definition) is 1. The molecule has 7 atom stereocenters. The van der Waals surface area contributed by atoms with Crippen LogP contribution in [0.4, 0.5) is 10.5 Å². The minimum Gasteiger partial charge on any atom is -0.490 e. The highest BCUT2D eigenvalue weighted by Gasteiger charge is 2.45. The van der Waals surface area contributed by atoms with E-state index in [0.717, 1.165) is 55.9 Å². The molecular formula is C37H47ClN4O6S. The number of fused-ring (bicyclic) bond motifs is 4. The average molecular weight is 711 g/mol. The van der Waals surface area contributed by atoms with Crippen molar-refractivity contribution in [1.29, 1.82) is 0 Å². The molecule has 3 amide bonds. The summed E-state index contributed by atoms with van der Waals surface area (Å²) in [5, 5.41) is 0.743. The number of nitrogens with one attached hydrogen (secondary N) is 1. The summed E-state index contributed by atoms with van der Waals surface area (Å²) in [5.41, 5.74) is 3.44. The van der Waals surface area contributed by atoms with Crippen molar-refractivity contribution in [3.8, 4) is 5.75 Å². The third-order valence-corrected chi connectivity index (χ3v) is 13.5. The molecular weight excluding hydrogens is 664 g/mol. The van der Waals surface area contributed by atoms with Crippen LogP contribution in [0.5, 0.6) is 5.75 Å². The maximum atomic E-state index is 14.3.